The maximum Gasteiger partial charge on any atom is 0.256 e. The highest BCUT2D eigenvalue weighted by Gasteiger charge is 2.14. The molecule has 4 aromatic rings. The first-order valence-electron chi connectivity index (χ1n) is 10.3. The smallest absolute Gasteiger partial charge is 0.256 e. The minimum absolute atomic E-state index is 0.211. The van der Waals surface area contributed by atoms with Gasteiger partial charge in [-0.1, -0.05) is 41.7 Å². The van der Waals surface area contributed by atoms with Crippen LogP contribution in [0.2, 0.25) is 0 Å². The highest BCUT2D eigenvalue weighted by atomic mass is 32.1. The molecule has 4 N–H and O–H groups in total. The van der Waals surface area contributed by atoms with E-state index in [1.807, 2.05) is 54.6 Å². The number of carbonyl (C=O) groups excluding carboxylic acids is 1. The van der Waals surface area contributed by atoms with Crippen molar-refractivity contribution in [3.63, 3.8) is 0 Å². The molecule has 3 aromatic carbocycles. The molecular weight excluding hydrogens is 436 g/mol. The van der Waals surface area contributed by atoms with Gasteiger partial charge in [0.2, 0.25) is 0 Å². The minimum Gasteiger partial charge on any atom is -0.497 e. The van der Waals surface area contributed by atoms with Crippen molar-refractivity contribution in [1.29, 1.82) is 0 Å². The van der Waals surface area contributed by atoms with Crippen LogP contribution in [0.25, 0.3) is 0 Å². The summed E-state index contributed by atoms with van der Waals surface area (Å²) in [6.45, 7) is 0.680. The first-order valence-corrected chi connectivity index (χ1v) is 11.2. The molecule has 33 heavy (non-hydrogen) atoms. The van der Waals surface area contributed by atoms with Gasteiger partial charge < -0.3 is 25.8 Å². The summed E-state index contributed by atoms with van der Waals surface area (Å²) in [4.78, 5) is 17.3. The summed E-state index contributed by atoms with van der Waals surface area (Å²) in [5.74, 6) is 1.23. The van der Waals surface area contributed by atoms with E-state index in [9.17, 15) is 4.79 Å². The van der Waals surface area contributed by atoms with Gasteiger partial charge in [-0.15, -0.1) is 0 Å². The fourth-order valence-corrected chi connectivity index (χ4v) is 3.97. The molecule has 1 aromatic heterocycles. The number of nitrogens with two attached hydrogens (primary N) is 1. The fraction of sp³-hybridized carbons (Fsp3) is 0.120. The molecule has 4 rings (SSSR count). The first kappa shape index (κ1) is 22.3. The molecule has 0 fully saturated rings. The van der Waals surface area contributed by atoms with Gasteiger partial charge in [0.15, 0.2) is 5.13 Å². The molecule has 168 valence electrons. The van der Waals surface area contributed by atoms with E-state index in [2.05, 4.69) is 15.6 Å². The first-order chi connectivity index (χ1) is 16.1. The number of thiazole rings is 1. The Labute approximate surface area is 196 Å². The molecule has 0 saturated carbocycles. The number of amides is 1. The second-order valence-electron chi connectivity index (χ2n) is 7.11. The summed E-state index contributed by atoms with van der Waals surface area (Å²) < 4.78 is 11.0. The van der Waals surface area contributed by atoms with E-state index < -0.39 is 0 Å². The molecular formula is C25H24N4O3S. The Balaban J connectivity index is 1.38. The molecule has 0 unspecified atom stereocenters. The van der Waals surface area contributed by atoms with Crippen LogP contribution in [0.1, 0.15) is 21.6 Å². The normalized spacial score (nSPS) is 10.5. The van der Waals surface area contributed by atoms with Crippen molar-refractivity contribution in [3.05, 3.63) is 95.7 Å². The molecule has 0 aliphatic heterocycles. The van der Waals surface area contributed by atoms with Gasteiger partial charge in [-0.25, -0.2) is 4.98 Å². The lowest BCUT2D eigenvalue weighted by Crippen LogP contribution is -2.13. The third-order valence-electron chi connectivity index (χ3n) is 4.82. The fourth-order valence-electron chi connectivity index (χ4n) is 3.06. The number of nitrogens with one attached hydrogen (secondary N) is 2. The Morgan fingerprint density at radius 3 is 2.33 bits per heavy atom. The Morgan fingerprint density at radius 1 is 0.970 bits per heavy atom. The van der Waals surface area contributed by atoms with E-state index in [1.165, 1.54) is 11.3 Å². The highest BCUT2D eigenvalue weighted by Crippen LogP contribution is 2.31. The van der Waals surface area contributed by atoms with Crippen LogP contribution in [0.5, 0.6) is 11.5 Å². The van der Waals surface area contributed by atoms with Crippen molar-refractivity contribution >= 4 is 33.1 Å². The molecule has 1 amide bonds. The average Bonchev–Trinajstić information content (AvgIpc) is 3.25. The topological polar surface area (TPSA) is 98.5 Å². The number of nitrogens with zero attached hydrogens (tertiary/aromatic N) is 1. The number of rotatable bonds is 9. The van der Waals surface area contributed by atoms with E-state index in [0.717, 1.165) is 17.0 Å². The Kier molecular flexibility index (Phi) is 7.19. The number of carbonyl (C=O) groups is 1. The molecule has 0 bridgehead atoms. The summed E-state index contributed by atoms with van der Waals surface area (Å²) in [5, 5.41) is 7.40. The van der Waals surface area contributed by atoms with E-state index in [1.54, 1.807) is 31.4 Å². The van der Waals surface area contributed by atoms with Gasteiger partial charge in [0, 0.05) is 17.8 Å². The monoisotopic (exact) mass is 460 g/mol. The highest BCUT2D eigenvalue weighted by molar-refractivity contribution is 7.19. The summed E-state index contributed by atoms with van der Waals surface area (Å²) in [7, 11) is 1.62. The maximum atomic E-state index is 12.8. The maximum absolute atomic E-state index is 12.8. The second-order valence-corrected chi connectivity index (χ2v) is 8.10. The zero-order chi connectivity index (χ0) is 23.0. The molecule has 0 aliphatic carbocycles. The summed E-state index contributed by atoms with van der Waals surface area (Å²) in [6, 6.07) is 24.4. The van der Waals surface area contributed by atoms with Crippen molar-refractivity contribution in [3.8, 4) is 11.5 Å². The largest absolute Gasteiger partial charge is 0.497 e. The van der Waals surface area contributed by atoms with Crippen molar-refractivity contribution in [2.45, 2.75) is 13.2 Å². The predicted octanol–water partition coefficient (Wildman–Crippen LogP) is 5.19. The van der Waals surface area contributed by atoms with Crippen LogP contribution in [-0.2, 0) is 13.2 Å². The zero-order valence-corrected chi connectivity index (χ0v) is 18.9. The van der Waals surface area contributed by atoms with Gasteiger partial charge in [0.05, 0.1) is 12.8 Å². The molecule has 0 atom stereocenters. The predicted molar refractivity (Wildman–Crippen MR) is 131 cm³/mol. The van der Waals surface area contributed by atoms with Crippen molar-refractivity contribution in [2.75, 3.05) is 17.7 Å². The molecule has 0 saturated heterocycles. The lowest BCUT2D eigenvalue weighted by Gasteiger charge is -2.08. The van der Waals surface area contributed by atoms with Crippen LogP contribution >= 0.6 is 11.3 Å². The number of ether oxygens (including phenoxy) is 2. The average molecular weight is 461 g/mol. The summed E-state index contributed by atoms with van der Waals surface area (Å²) in [5.41, 5.74) is 8.92. The Morgan fingerprint density at radius 2 is 1.67 bits per heavy atom. The van der Waals surface area contributed by atoms with Gasteiger partial charge >= 0.3 is 0 Å². The number of hydrogen-bond donors (Lipinski definition) is 3. The lowest BCUT2D eigenvalue weighted by atomic mass is 10.2. The quantitative estimate of drug-likeness (QED) is 0.318. The van der Waals surface area contributed by atoms with Crippen LogP contribution in [-0.4, -0.2) is 18.0 Å². The SMILES string of the molecule is COc1ccc(Nc2nc(CN)c(NC(=O)c3ccc(OCc4ccccc4)cc3)s2)cc1. The van der Waals surface area contributed by atoms with E-state index in [-0.39, 0.29) is 12.5 Å². The van der Waals surface area contributed by atoms with E-state index in [4.69, 9.17) is 15.2 Å². The van der Waals surface area contributed by atoms with Crippen LogP contribution in [0.3, 0.4) is 0 Å². The van der Waals surface area contributed by atoms with E-state index >= 15 is 0 Å². The lowest BCUT2D eigenvalue weighted by molar-refractivity contribution is 0.102. The Hall–Kier alpha value is -3.88. The third kappa shape index (κ3) is 5.88. The van der Waals surface area contributed by atoms with Crippen molar-refractivity contribution < 1.29 is 14.3 Å². The van der Waals surface area contributed by atoms with Gasteiger partial charge in [-0.3, -0.25) is 4.79 Å². The number of anilines is 3. The van der Waals surface area contributed by atoms with E-state index in [0.29, 0.717) is 33.7 Å². The van der Waals surface area contributed by atoms with Gasteiger partial charge in [-0.2, -0.15) is 0 Å². The number of aromatic nitrogens is 1. The van der Waals surface area contributed by atoms with Crippen LogP contribution in [0, 0.1) is 0 Å². The molecule has 0 aliphatic rings. The van der Waals surface area contributed by atoms with Crippen molar-refractivity contribution in [2.24, 2.45) is 5.73 Å². The standard InChI is InChI=1S/C25H24N4O3S/c1-31-20-13-9-19(10-14-20)27-25-28-22(15-26)24(33-25)29-23(30)18-7-11-21(12-8-18)32-16-17-5-3-2-4-6-17/h2-14H,15-16,26H2,1H3,(H,27,28)(H,29,30). The van der Waals surface area contributed by atoms with Crippen molar-refractivity contribution in [1.82, 2.24) is 4.98 Å². The molecule has 0 radical (unpaired) electrons. The Bertz CT molecular complexity index is 1190. The number of methoxy groups -OCH3 is 1. The molecule has 8 heteroatoms. The van der Waals surface area contributed by atoms with Gasteiger partial charge in [0.1, 0.15) is 23.1 Å². The van der Waals surface area contributed by atoms with Crippen LogP contribution in [0.15, 0.2) is 78.9 Å². The van der Waals surface area contributed by atoms with Gasteiger partial charge in [0.25, 0.3) is 5.91 Å². The molecule has 7 nitrogen and oxygen atoms in total. The molecule has 1 heterocycles. The number of hydrogen-bond acceptors (Lipinski definition) is 7. The summed E-state index contributed by atoms with van der Waals surface area (Å²) >= 11 is 1.33. The molecule has 0 spiro atoms. The summed E-state index contributed by atoms with van der Waals surface area (Å²) in [6.07, 6.45) is 0. The second kappa shape index (κ2) is 10.6. The van der Waals surface area contributed by atoms with Gasteiger partial charge in [-0.05, 0) is 54.1 Å². The van der Waals surface area contributed by atoms with Crippen LogP contribution in [0.4, 0.5) is 15.8 Å². The van der Waals surface area contributed by atoms with Crippen LogP contribution < -0.4 is 25.8 Å². The minimum atomic E-state index is -0.237. The zero-order valence-electron chi connectivity index (χ0n) is 18.1. The number of benzene rings is 3. The third-order valence-corrected chi connectivity index (χ3v) is 5.75.